The number of hydrogen-bond donors (Lipinski definition) is 1. The van der Waals surface area contributed by atoms with Crippen LogP contribution >= 0.6 is 35.0 Å². The van der Waals surface area contributed by atoms with Crippen molar-refractivity contribution >= 4 is 46.8 Å². The monoisotopic (exact) mass is 591 g/mol. The van der Waals surface area contributed by atoms with E-state index in [4.69, 9.17) is 38.7 Å². The number of nitrogens with two attached hydrogens (primary N) is 1. The van der Waals surface area contributed by atoms with Gasteiger partial charge < -0.3 is 15.4 Å². The van der Waals surface area contributed by atoms with Crippen LogP contribution < -0.4 is 15.4 Å². The van der Waals surface area contributed by atoms with E-state index in [1.807, 2.05) is 0 Å². The normalized spacial score (nSPS) is 15.7. The van der Waals surface area contributed by atoms with Gasteiger partial charge in [0.05, 0.1) is 26.7 Å². The Balaban J connectivity index is 1.55. The molecule has 1 aliphatic heterocycles. The zero-order valence-corrected chi connectivity index (χ0v) is 24.5. The lowest BCUT2D eigenvalue weighted by molar-refractivity contribution is 0.100. The van der Waals surface area contributed by atoms with E-state index in [1.54, 1.807) is 30.5 Å². The van der Waals surface area contributed by atoms with Gasteiger partial charge in [-0.15, -0.1) is 0 Å². The van der Waals surface area contributed by atoms with Crippen LogP contribution in [0.5, 0.6) is 5.88 Å². The third-order valence-corrected chi connectivity index (χ3v) is 8.74. The molecule has 0 bridgehead atoms. The molecule has 0 radical (unpaired) electrons. The van der Waals surface area contributed by atoms with Crippen LogP contribution in [0.3, 0.4) is 0 Å². The van der Waals surface area contributed by atoms with Crippen molar-refractivity contribution in [1.82, 2.24) is 14.9 Å². The lowest BCUT2D eigenvalue weighted by Gasteiger charge is -2.40. The number of amides is 1. The molecular weight excluding hydrogens is 560 g/mol. The van der Waals surface area contributed by atoms with Crippen LogP contribution in [0.2, 0.25) is 10.0 Å². The minimum Gasteiger partial charge on any atom is -0.472 e. The molecule has 0 unspecified atom stereocenters. The van der Waals surface area contributed by atoms with E-state index < -0.39 is 11.7 Å². The van der Waals surface area contributed by atoms with Gasteiger partial charge in [-0.2, -0.15) is 4.98 Å². The van der Waals surface area contributed by atoms with Gasteiger partial charge in [0.2, 0.25) is 17.7 Å². The maximum absolute atomic E-state index is 13.6. The van der Waals surface area contributed by atoms with Crippen LogP contribution in [0.4, 0.5) is 10.3 Å². The van der Waals surface area contributed by atoms with Gasteiger partial charge in [-0.3, -0.25) is 9.69 Å². The Morgan fingerprint density at radius 3 is 2.51 bits per heavy atom. The summed E-state index contributed by atoms with van der Waals surface area (Å²) < 4.78 is 19.8. The molecule has 0 spiro atoms. The SMILES string of the molecule is CC[C@@H](C)[C@@H](C)N1CCN(c2ncc(Sc3ccc(C(N)=O)c(Cl)c3)c(OCc3ccc(F)c(Cl)c3)n2)CC1. The maximum atomic E-state index is 13.6. The van der Waals surface area contributed by atoms with Crippen LogP contribution in [0, 0.1) is 11.7 Å². The van der Waals surface area contributed by atoms with Crippen molar-refractivity contribution < 1.29 is 13.9 Å². The Bertz CT molecular complexity index is 1320. The average Bonchev–Trinajstić information content (AvgIpc) is 2.93. The molecule has 4 rings (SSSR count). The van der Waals surface area contributed by atoms with Crippen LogP contribution in [0.15, 0.2) is 52.4 Å². The summed E-state index contributed by atoms with van der Waals surface area (Å²) in [5.74, 6) is 0.527. The Hall–Kier alpha value is -2.59. The van der Waals surface area contributed by atoms with Gasteiger partial charge in [-0.25, -0.2) is 9.37 Å². The van der Waals surface area contributed by atoms with Gasteiger partial charge in [0.1, 0.15) is 12.4 Å². The van der Waals surface area contributed by atoms with Gasteiger partial charge >= 0.3 is 0 Å². The number of carbonyl (C=O) groups excluding carboxylic acids is 1. The third-order valence-electron chi connectivity index (χ3n) is 7.14. The molecule has 1 fully saturated rings. The summed E-state index contributed by atoms with van der Waals surface area (Å²) in [6.45, 7) is 10.4. The number of nitrogens with zero attached hydrogens (tertiary/aromatic N) is 4. The predicted octanol–water partition coefficient (Wildman–Crippen LogP) is 6.31. The van der Waals surface area contributed by atoms with E-state index >= 15 is 0 Å². The molecule has 2 N–H and O–H groups in total. The number of ether oxygens (including phenoxy) is 1. The highest BCUT2D eigenvalue weighted by Crippen LogP contribution is 2.36. The summed E-state index contributed by atoms with van der Waals surface area (Å²) in [4.78, 5) is 27.1. The molecule has 1 aromatic heterocycles. The Morgan fingerprint density at radius 2 is 1.87 bits per heavy atom. The smallest absolute Gasteiger partial charge is 0.250 e. The fourth-order valence-electron chi connectivity index (χ4n) is 4.37. The van der Waals surface area contributed by atoms with Crippen molar-refractivity contribution in [3.63, 3.8) is 0 Å². The van der Waals surface area contributed by atoms with Crippen molar-refractivity contribution in [2.75, 3.05) is 31.1 Å². The molecule has 0 aliphatic carbocycles. The van der Waals surface area contributed by atoms with Crippen LogP contribution in [-0.4, -0.2) is 53.0 Å². The van der Waals surface area contributed by atoms with Crippen LogP contribution in [-0.2, 0) is 6.61 Å². The third kappa shape index (κ3) is 7.33. The molecule has 2 heterocycles. The fourth-order valence-corrected chi connectivity index (χ4v) is 5.78. The number of piperazine rings is 1. The van der Waals surface area contributed by atoms with Crippen molar-refractivity contribution in [2.24, 2.45) is 11.7 Å². The van der Waals surface area contributed by atoms with E-state index in [-0.39, 0.29) is 22.2 Å². The number of aromatic nitrogens is 2. The molecule has 1 aliphatic rings. The van der Waals surface area contributed by atoms with E-state index in [9.17, 15) is 9.18 Å². The highest BCUT2D eigenvalue weighted by atomic mass is 35.5. The molecule has 2 atom stereocenters. The first-order valence-corrected chi connectivity index (χ1v) is 14.4. The standard InChI is InChI=1S/C28H32Cl2FN5O2S/c1-4-17(2)18(3)35-9-11-36(12-10-35)28-33-15-25(39-20-6-7-21(26(32)37)22(29)14-20)27(34-28)38-16-19-5-8-24(31)23(30)13-19/h5-8,13-15,17-18H,4,9-12,16H2,1-3H3,(H2,32,37)/t17-,18-/m1/s1. The summed E-state index contributed by atoms with van der Waals surface area (Å²) in [7, 11) is 0. The minimum atomic E-state index is -0.593. The van der Waals surface area contributed by atoms with Gasteiger partial charge in [0.15, 0.2) is 0 Å². The summed E-state index contributed by atoms with van der Waals surface area (Å²) in [6, 6.07) is 9.99. The zero-order valence-electron chi connectivity index (χ0n) is 22.2. The number of benzene rings is 2. The molecule has 3 aromatic rings. The highest BCUT2D eigenvalue weighted by Gasteiger charge is 2.26. The predicted molar refractivity (Wildman–Crippen MR) is 155 cm³/mol. The Labute approximate surface area is 242 Å². The summed E-state index contributed by atoms with van der Waals surface area (Å²) in [5, 5.41) is 0.292. The van der Waals surface area contributed by atoms with E-state index in [0.717, 1.165) is 37.5 Å². The Morgan fingerprint density at radius 1 is 1.13 bits per heavy atom. The second-order valence-electron chi connectivity index (χ2n) is 9.63. The first kappa shape index (κ1) is 29.4. The van der Waals surface area contributed by atoms with Crippen LogP contribution in [0.1, 0.15) is 43.1 Å². The minimum absolute atomic E-state index is 0.0303. The van der Waals surface area contributed by atoms with Gasteiger partial charge in [-0.1, -0.05) is 61.3 Å². The van der Waals surface area contributed by atoms with Crippen molar-refractivity contribution in [3.8, 4) is 5.88 Å². The molecule has 11 heteroatoms. The van der Waals surface area contributed by atoms with E-state index in [1.165, 1.54) is 23.9 Å². The number of halogens is 3. The number of carbonyl (C=O) groups is 1. The molecule has 208 valence electrons. The molecule has 0 saturated carbocycles. The lowest BCUT2D eigenvalue weighted by atomic mass is 9.99. The molecule has 39 heavy (non-hydrogen) atoms. The fraction of sp³-hybridized carbons (Fsp3) is 0.393. The van der Waals surface area contributed by atoms with Gasteiger partial charge in [-0.05, 0) is 48.7 Å². The molecule has 2 aromatic carbocycles. The zero-order chi connectivity index (χ0) is 28.1. The van der Waals surface area contributed by atoms with Crippen molar-refractivity contribution in [1.29, 1.82) is 0 Å². The molecular formula is C28H32Cl2FN5O2S. The van der Waals surface area contributed by atoms with Gasteiger partial charge in [0.25, 0.3) is 0 Å². The average molecular weight is 593 g/mol. The lowest BCUT2D eigenvalue weighted by Crippen LogP contribution is -2.51. The number of rotatable bonds is 10. The second kappa shape index (κ2) is 13.2. The summed E-state index contributed by atoms with van der Waals surface area (Å²) in [6.07, 6.45) is 2.88. The van der Waals surface area contributed by atoms with Gasteiger partial charge in [0, 0.05) is 37.1 Å². The maximum Gasteiger partial charge on any atom is 0.250 e. The number of hydrogen-bond acceptors (Lipinski definition) is 7. The summed E-state index contributed by atoms with van der Waals surface area (Å²) in [5.41, 5.74) is 6.34. The topological polar surface area (TPSA) is 84.6 Å². The molecule has 1 saturated heterocycles. The number of primary amides is 1. The molecule has 7 nitrogen and oxygen atoms in total. The van der Waals surface area contributed by atoms with Crippen LogP contribution in [0.25, 0.3) is 0 Å². The largest absolute Gasteiger partial charge is 0.472 e. The highest BCUT2D eigenvalue weighted by molar-refractivity contribution is 7.99. The van der Waals surface area contributed by atoms with Crippen molar-refractivity contribution in [3.05, 3.63) is 69.6 Å². The summed E-state index contributed by atoms with van der Waals surface area (Å²) >= 11 is 13.6. The first-order valence-electron chi connectivity index (χ1n) is 12.9. The Kier molecular flexibility index (Phi) is 9.93. The van der Waals surface area contributed by atoms with E-state index in [2.05, 4.69) is 35.6 Å². The van der Waals surface area contributed by atoms with Crippen molar-refractivity contribution in [2.45, 2.75) is 49.6 Å². The molecule has 1 amide bonds. The quantitative estimate of drug-likeness (QED) is 0.296. The second-order valence-corrected chi connectivity index (χ2v) is 11.6. The first-order chi connectivity index (χ1) is 18.7. The van der Waals surface area contributed by atoms with E-state index in [0.29, 0.717) is 34.2 Å². The number of anilines is 1.